The van der Waals surface area contributed by atoms with Crippen LogP contribution in [0.1, 0.15) is 0 Å². The van der Waals surface area contributed by atoms with Crippen molar-refractivity contribution < 1.29 is 4.74 Å². The molecule has 1 aromatic carbocycles. The van der Waals surface area contributed by atoms with Crippen molar-refractivity contribution in [2.45, 2.75) is 5.54 Å². The lowest BCUT2D eigenvalue weighted by atomic mass is 9.99. The van der Waals surface area contributed by atoms with Gasteiger partial charge in [0, 0.05) is 10.2 Å². The van der Waals surface area contributed by atoms with Gasteiger partial charge >= 0.3 is 0 Å². The first-order chi connectivity index (χ1) is 6.76. The van der Waals surface area contributed by atoms with Crippen LogP contribution in [0, 0.1) is 11.3 Å². The summed E-state index contributed by atoms with van der Waals surface area (Å²) in [4.78, 5) is 0. The quantitative estimate of drug-likeness (QED) is 0.878. The summed E-state index contributed by atoms with van der Waals surface area (Å²) < 4.78 is 6.00. The van der Waals surface area contributed by atoms with Gasteiger partial charge in [-0.05, 0) is 28.1 Å². The largest absolute Gasteiger partial charge is 0.374 e. The lowest BCUT2D eigenvalue weighted by molar-refractivity contribution is -0.0132. The molecule has 0 spiro atoms. The minimum atomic E-state index is -0.538. The SMILES string of the molecule is N#CC1(Nc2ccccc2Br)COC1. The third-order valence-corrected chi connectivity index (χ3v) is 2.85. The number of ether oxygens (including phenoxy) is 1. The Balaban J connectivity index is 2.19. The van der Waals surface area contributed by atoms with Gasteiger partial charge in [0.25, 0.3) is 0 Å². The number of nitrogens with zero attached hydrogens (tertiary/aromatic N) is 1. The number of hydrogen-bond acceptors (Lipinski definition) is 3. The van der Waals surface area contributed by atoms with Crippen molar-refractivity contribution in [3.8, 4) is 6.07 Å². The van der Waals surface area contributed by atoms with Gasteiger partial charge in [0.05, 0.1) is 19.3 Å². The highest BCUT2D eigenvalue weighted by molar-refractivity contribution is 9.10. The molecule has 1 heterocycles. The van der Waals surface area contributed by atoms with Gasteiger partial charge in [0.2, 0.25) is 0 Å². The number of anilines is 1. The number of halogens is 1. The molecule has 1 fully saturated rings. The Morgan fingerprint density at radius 3 is 2.64 bits per heavy atom. The molecule has 0 amide bonds. The zero-order chi connectivity index (χ0) is 10.0. The predicted octanol–water partition coefficient (Wildman–Crippen LogP) is 2.15. The highest BCUT2D eigenvalue weighted by Gasteiger charge is 2.39. The first kappa shape index (κ1) is 9.50. The second kappa shape index (κ2) is 3.60. The maximum absolute atomic E-state index is 8.98. The molecule has 3 nitrogen and oxygen atoms in total. The molecule has 72 valence electrons. The van der Waals surface area contributed by atoms with Crippen LogP contribution in [-0.4, -0.2) is 18.8 Å². The fourth-order valence-electron chi connectivity index (χ4n) is 1.29. The highest BCUT2D eigenvalue weighted by atomic mass is 79.9. The van der Waals surface area contributed by atoms with E-state index >= 15 is 0 Å². The second-order valence-corrected chi connectivity index (χ2v) is 4.15. The number of para-hydroxylation sites is 1. The van der Waals surface area contributed by atoms with Gasteiger partial charge < -0.3 is 10.1 Å². The molecule has 0 aromatic heterocycles. The molecule has 0 radical (unpaired) electrons. The Hall–Kier alpha value is -1.05. The van der Waals surface area contributed by atoms with Gasteiger partial charge in [-0.2, -0.15) is 5.26 Å². The van der Waals surface area contributed by atoms with Crippen molar-refractivity contribution in [2.24, 2.45) is 0 Å². The molecular weight excluding hydrogens is 244 g/mol. The van der Waals surface area contributed by atoms with Crippen LogP contribution in [0.5, 0.6) is 0 Å². The lowest BCUT2D eigenvalue weighted by Crippen LogP contribution is -2.54. The van der Waals surface area contributed by atoms with Gasteiger partial charge in [-0.1, -0.05) is 12.1 Å². The van der Waals surface area contributed by atoms with Gasteiger partial charge in [-0.25, -0.2) is 0 Å². The van der Waals surface area contributed by atoms with Crippen LogP contribution in [0.15, 0.2) is 28.7 Å². The highest BCUT2D eigenvalue weighted by Crippen LogP contribution is 2.27. The Kier molecular flexibility index (Phi) is 2.44. The summed E-state index contributed by atoms with van der Waals surface area (Å²) in [5.41, 5.74) is 0.390. The monoisotopic (exact) mass is 252 g/mol. The maximum atomic E-state index is 8.98. The summed E-state index contributed by atoms with van der Waals surface area (Å²) >= 11 is 3.42. The maximum Gasteiger partial charge on any atom is 0.172 e. The van der Waals surface area contributed by atoms with Crippen LogP contribution in [-0.2, 0) is 4.74 Å². The molecule has 2 rings (SSSR count). The molecule has 0 atom stereocenters. The lowest BCUT2D eigenvalue weighted by Gasteiger charge is -2.36. The number of nitrogens with one attached hydrogen (secondary N) is 1. The first-order valence-corrected chi connectivity index (χ1v) is 5.07. The third kappa shape index (κ3) is 1.61. The van der Waals surface area contributed by atoms with Crippen molar-refractivity contribution in [1.82, 2.24) is 0 Å². The van der Waals surface area contributed by atoms with Crippen molar-refractivity contribution in [3.63, 3.8) is 0 Å². The molecule has 1 aromatic rings. The Bertz CT molecular complexity index is 382. The van der Waals surface area contributed by atoms with Crippen LogP contribution in [0.2, 0.25) is 0 Å². The van der Waals surface area contributed by atoms with E-state index in [1.807, 2.05) is 24.3 Å². The minimum absolute atomic E-state index is 0.449. The summed E-state index contributed by atoms with van der Waals surface area (Å²) in [5.74, 6) is 0. The molecule has 0 bridgehead atoms. The van der Waals surface area contributed by atoms with E-state index < -0.39 is 5.54 Å². The van der Waals surface area contributed by atoms with Crippen molar-refractivity contribution in [2.75, 3.05) is 18.5 Å². The van der Waals surface area contributed by atoms with E-state index in [1.165, 1.54) is 0 Å². The predicted molar refractivity (Wildman–Crippen MR) is 56.9 cm³/mol. The molecule has 0 saturated carbocycles. The Labute approximate surface area is 90.8 Å². The summed E-state index contributed by atoms with van der Waals surface area (Å²) in [7, 11) is 0. The fourth-order valence-corrected chi connectivity index (χ4v) is 1.68. The Morgan fingerprint density at radius 2 is 2.14 bits per heavy atom. The smallest absolute Gasteiger partial charge is 0.172 e. The topological polar surface area (TPSA) is 45.0 Å². The number of hydrogen-bond donors (Lipinski definition) is 1. The van der Waals surface area contributed by atoms with E-state index in [1.54, 1.807) is 0 Å². The normalized spacial score (nSPS) is 18.0. The number of benzene rings is 1. The van der Waals surface area contributed by atoms with E-state index in [0.717, 1.165) is 10.2 Å². The second-order valence-electron chi connectivity index (χ2n) is 3.29. The van der Waals surface area contributed by atoms with Crippen molar-refractivity contribution in [3.05, 3.63) is 28.7 Å². The van der Waals surface area contributed by atoms with E-state index in [9.17, 15) is 0 Å². The minimum Gasteiger partial charge on any atom is -0.374 e. The summed E-state index contributed by atoms with van der Waals surface area (Å²) in [6.45, 7) is 0.898. The van der Waals surface area contributed by atoms with Crippen LogP contribution < -0.4 is 5.32 Å². The van der Waals surface area contributed by atoms with Crippen LogP contribution in [0.4, 0.5) is 5.69 Å². The first-order valence-electron chi connectivity index (χ1n) is 4.27. The zero-order valence-corrected chi connectivity index (χ0v) is 9.04. The van der Waals surface area contributed by atoms with Crippen LogP contribution >= 0.6 is 15.9 Å². The molecule has 1 saturated heterocycles. The summed E-state index contributed by atoms with van der Waals surface area (Å²) in [5, 5.41) is 12.2. The summed E-state index contributed by atoms with van der Waals surface area (Å²) in [6, 6.07) is 9.97. The average molecular weight is 253 g/mol. The molecule has 0 aliphatic carbocycles. The zero-order valence-electron chi connectivity index (χ0n) is 7.46. The van der Waals surface area contributed by atoms with E-state index in [4.69, 9.17) is 10.00 Å². The van der Waals surface area contributed by atoms with E-state index in [2.05, 4.69) is 27.3 Å². The third-order valence-electron chi connectivity index (χ3n) is 2.16. The molecule has 1 N–H and O–H groups in total. The fraction of sp³-hybridized carbons (Fsp3) is 0.300. The van der Waals surface area contributed by atoms with Crippen LogP contribution in [0.3, 0.4) is 0 Å². The van der Waals surface area contributed by atoms with Gasteiger partial charge in [0.1, 0.15) is 0 Å². The standard InChI is InChI=1S/C10H9BrN2O/c11-8-3-1-2-4-9(8)13-10(5-12)6-14-7-10/h1-4,13H,6-7H2. The molecule has 1 aliphatic rings. The van der Waals surface area contributed by atoms with Gasteiger partial charge in [0.15, 0.2) is 5.54 Å². The summed E-state index contributed by atoms with van der Waals surface area (Å²) in [6.07, 6.45) is 0. The van der Waals surface area contributed by atoms with Gasteiger partial charge in [-0.3, -0.25) is 0 Å². The average Bonchev–Trinajstić information content (AvgIpc) is 2.14. The Morgan fingerprint density at radius 1 is 1.43 bits per heavy atom. The van der Waals surface area contributed by atoms with Crippen molar-refractivity contribution >= 4 is 21.6 Å². The molecule has 4 heteroatoms. The van der Waals surface area contributed by atoms with Crippen molar-refractivity contribution in [1.29, 1.82) is 5.26 Å². The van der Waals surface area contributed by atoms with Crippen LogP contribution in [0.25, 0.3) is 0 Å². The molecular formula is C10H9BrN2O. The van der Waals surface area contributed by atoms with Gasteiger partial charge in [-0.15, -0.1) is 0 Å². The molecule has 1 aliphatic heterocycles. The van der Waals surface area contributed by atoms with E-state index in [-0.39, 0.29) is 0 Å². The molecule has 14 heavy (non-hydrogen) atoms. The number of nitriles is 1. The molecule has 0 unspecified atom stereocenters. The van der Waals surface area contributed by atoms with E-state index in [0.29, 0.717) is 13.2 Å². The number of rotatable bonds is 2.